The number of amides is 1. The lowest BCUT2D eigenvalue weighted by atomic mass is 10.1. The average Bonchev–Trinajstić information content (AvgIpc) is 2.51. The molecule has 2 rings (SSSR count). The number of carbonyl (C=O) groups is 1. The highest BCUT2D eigenvalue weighted by molar-refractivity contribution is 7.86. The molecule has 0 aliphatic carbocycles. The Balaban J connectivity index is 2.23. The summed E-state index contributed by atoms with van der Waals surface area (Å²) in [5, 5.41) is 0.568. The lowest BCUT2D eigenvalue weighted by molar-refractivity contribution is 0.0690. The van der Waals surface area contributed by atoms with Gasteiger partial charge >= 0.3 is 10.1 Å². The lowest BCUT2D eigenvalue weighted by Gasteiger charge is -2.27. The van der Waals surface area contributed by atoms with Crippen LogP contribution in [0.1, 0.15) is 29.8 Å². The third kappa shape index (κ3) is 5.76. The molecule has 0 spiro atoms. The van der Waals surface area contributed by atoms with Crippen molar-refractivity contribution < 1.29 is 17.4 Å². The highest BCUT2D eigenvalue weighted by Gasteiger charge is 2.19. The third-order valence-electron chi connectivity index (χ3n) is 3.47. The van der Waals surface area contributed by atoms with Gasteiger partial charge in [0.1, 0.15) is 5.75 Å². The molecule has 25 heavy (non-hydrogen) atoms. The van der Waals surface area contributed by atoms with Crippen molar-refractivity contribution in [2.45, 2.75) is 26.4 Å². The van der Waals surface area contributed by atoms with E-state index >= 15 is 0 Å². The van der Waals surface area contributed by atoms with Crippen LogP contribution in [0.3, 0.4) is 0 Å². The highest BCUT2D eigenvalue weighted by Crippen LogP contribution is 2.19. The maximum atomic E-state index is 12.8. The van der Waals surface area contributed by atoms with Crippen LogP contribution in [0.5, 0.6) is 5.75 Å². The zero-order valence-electron chi connectivity index (χ0n) is 14.3. The minimum absolute atomic E-state index is 0.0392. The third-order valence-corrected chi connectivity index (χ3v) is 4.22. The van der Waals surface area contributed by atoms with Crippen molar-refractivity contribution in [1.29, 1.82) is 0 Å². The Morgan fingerprint density at radius 3 is 2.36 bits per heavy atom. The number of hydrogen-bond acceptors (Lipinski definition) is 4. The molecule has 7 heteroatoms. The van der Waals surface area contributed by atoms with E-state index in [0.29, 0.717) is 17.1 Å². The fourth-order valence-electron chi connectivity index (χ4n) is 2.31. The minimum Gasteiger partial charge on any atom is -0.383 e. The number of carbonyl (C=O) groups excluding carboxylic acids is 1. The van der Waals surface area contributed by atoms with Crippen molar-refractivity contribution in [2.24, 2.45) is 0 Å². The van der Waals surface area contributed by atoms with Crippen LogP contribution in [0.15, 0.2) is 48.5 Å². The normalized spacial score (nSPS) is 11.4. The summed E-state index contributed by atoms with van der Waals surface area (Å²) < 4.78 is 27.4. The summed E-state index contributed by atoms with van der Waals surface area (Å²) in [5.74, 6) is 0.101. The van der Waals surface area contributed by atoms with Crippen LogP contribution in [0.2, 0.25) is 5.02 Å². The van der Waals surface area contributed by atoms with E-state index in [2.05, 4.69) is 0 Å². The lowest BCUT2D eigenvalue weighted by Crippen LogP contribution is -2.36. The molecule has 0 aliphatic rings. The summed E-state index contributed by atoms with van der Waals surface area (Å²) in [5.41, 5.74) is 1.32. The number of rotatable bonds is 6. The number of nitrogens with zero attached hydrogens (tertiary/aromatic N) is 1. The molecular weight excluding hydrogens is 362 g/mol. The van der Waals surface area contributed by atoms with E-state index in [4.69, 9.17) is 15.8 Å². The van der Waals surface area contributed by atoms with Gasteiger partial charge in [-0.1, -0.05) is 23.7 Å². The number of benzene rings is 2. The van der Waals surface area contributed by atoms with Crippen LogP contribution in [0.4, 0.5) is 0 Å². The van der Waals surface area contributed by atoms with Crippen LogP contribution in [-0.2, 0) is 16.7 Å². The molecular formula is C18H20ClNO4S. The molecule has 0 bridgehead atoms. The van der Waals surface area contributed by atoms with Crippen molar-refractivity contribution in [3.63, 3.8) is 0 Å². The first-order valence-corrected chi connectivity index (χ1v) is 9.90. The second-order valence-corrected chi connectivity index (χ2v) is 7.98. The van der Waals surface area contributed by atoms with Crippen molar-refractivity contribution in [2.75, 3.05) is 6.26 Å². The second-order valence-electron chi connectivity index (χ2n) is 5.97. The maximum absolute atomic E-state index is 12.8. The minimum atomic E-state index is -3.60. The van der Waals surface area contributed by atoms with E-state index in [1.54, 1.807) is 47.4 Å². The van der Waals surface area contributed by atoms with Crippen molar-refractivity contribution >= 4 is 27.6 Å². The van der Waals surface area contributed by atoms with Gasteiger partial charge in [0.25, 0.3) is 5.91 Å². The van der Waals surface area contributed by atoms with Crippen LogP contribution in [-0.4, -0.2) is 31.5 Å². The number of hydrogen-bond donors (Lipinski definition) is 0. The second kappa shape index (κ2) is 7.89. The van der Waals surface area contributed by atoms with Gasteiger partial charge in [-0.25, -0.2) is 0 Å². The molecule has 0 atom stereocenters. The van der Waals surface area contributed by atoms with Gasteiger partial charge in [0.05, 0.1) is 6.26 Å². The van der Waals surface area contributed by atoms with Crippen molar-refractivity contribution in [3.8, 4) is 5.75 Å². The molecule has 0 aromatic heterocycles. The van der Waals surface area contributed by atoms with Gasteiger partial charge in [-0.3, -0.25) is 4.79 Å². The molecule has 134 valence electrons. The molecule has 0 saturated carbocycles. The molecule has 5 nitrogen and oxygen atoms in total. The summed E-state index contributed by atoms with van der Waals surface area (Å²) in [4.78, 5) is 14.5. The summed E-state index contributed by atoms with van der Waals surface area (Å²) in [6.45, 7) is 4.18. The molecule has 0 radical (unpaired) electrons. The van der Waals surface area contributed by atoms with Crippen LogP contribution in [0, 0.1) is 0 Å². The van der Waals surface area contributed by atoms with Crippen LogP contribution >= 0.6 is 11.6 Å². The van der Waals surface area contributed by atoms with E-state index in [9.17, 15) is 13.2 Å². The topological polar surface area (TPSA) is 63.7 Å². The first-order valence-electron chi connectivity index (χ1n) is 7.70. The Kier molecular flexibility index (Phi) is 6.08. The summed E-state index contributed by atoms with van der Waals surface area (Å²) in [7, 11) is -3.60. The molecule has 0 aliphatic heterocycles. The van der Waals surface area contributed by atoms with Gasteiger partial charge in [-0.2, -0.15) is 8.42 Å². The molecule has 2 aromatic rings. The first-order chi connectivity index (χ1) is 11.7. The van der Waals surface area contributed by atoms with Crippen LogP contribution in [0.25, 0.3) is 0 Å². The molecule has 0 heterocycles. The molecule has 0 saturated heterocycles. The Bertz CT molecular complexity index is 848. The Morgan fingerprint density at radius 1 is 1.16 bits per heavy atom. The molecule has 0 N–H and O–H groups in total. The molecule has 0 unspecified atom stereocenters. The molecule has 0 fully saturated rings. The predicted octanol–water partition coefficient (Wildman–Crippen LogP) is 3.73. The zero-order chi connectivity index (χ0) is 18.6. The van der Waals surface area contributed by atoms with Gasteiger partial charge in [0.15, 0.2) is 0 Å². The van der Waals surface area contributed by atoms with Gasteiger partial charge in [0, 0.05) is 23.2 Å². The maximum Gasteiger partial charge on any atom is 0.306 e. The van der Waals surface area contributed by atoms with E-state index < -0.39 is 10.1 Å². The fraction of sp³-hybridized carbons (Fsp3) is 0.278. The van der Waals surface area contributed by atoms with Gasteiger partial charge < -0.3 is 9.08 Å². The van der Waals surface area contributed by atoms with E-state index in [1.165, 1.54) is 0 Å². The van der Waals surface area contributed by atoms with E-state index in [-0.39, 0.29) is 17.7 Å². The first kappa shape index (κ1) is 19.3. The van der Waals surface area contributed by atoms with Crippen LogP contribution < -0.4 is 4.18 Å². The standard InChI is InChI=1S/C18H20ClNO4S/c1-13(2)20(18(21)15-7-9-16(19)10-8-15)12-14-5-4-6-17(11-14)24-25(3,22)23/h4-11,13H,12H2,1-3H3. The average molecular weight is 382 g/mol. The van der Waals surface area contributed by atoms with Gasteiger partial charge in [-0.15, -0.1) is 0 Å². The quantitative estimate of drug-likeness (QED) is 0.715. The van der Waals surface area contributed by atoms with E-state index in [1.807, 2.05) is 19.9 Å². The SMILES string of the molecule is CC(C)N(Cc1cccc(OS(C)(=O)=O)c1)C(=O)c1ccc(Cl)cc1. The Labute approximate surface area is 153 Å². The summed E-state index contributed by atoms with van der Waals surface area (Å²) >= 11 is 5.87. The Hall–Kier alpha value is -2.05. The number of halogens is 1. The van der Waals surface area contributed by atoms with Gasteiger partial charge in [0.2, 0.25) is 0 Å². The zero-order valence-corrected chi connectivity index (χ0v) is 15.8. The highest BCUT2D eigenvalue weighted by atomic mass is 35.5. The Morgan fingerprint density at radius 2 is 1.80 bits per heavy atom. The predicted molar refractivity (Wildman–Crippen MR) is 98.4 cm³/mol. The largest absolute Gasteiger partial charge is 0.383 e. The summed E-state index contributed by atoms with van der Waals surface area (Å²) in [6, 6.07) is 13.4. The molecule has 2 aromatic carbocycles. The van der Waals surface area contributed by atoms with E-state index in [0.717, 1.165) is 11.8 Å². The monoisotopic (exact) mass is 381 g/mol. The summed E-state index contributed by atoms with van der Waals surface area (Å²) in [6.07, 6.45) is 0.990. The van der Waals surface area contributed by atoms with Crippen molar-refractivity contribution in [1.82, 2.24) is 4.90 Å². The van der Waals surface area contributed by atoms with Gasteiger partial charge in [-0.05, 0) is 55.8 Å². The fourth-order valence-corrected chi connectivity index (χ4v) is 2.89. The van der Waals surface area contributed by atoms with Crippen molar-refractivity contribution in [3.05, 3.63) is 64.7 Å². The smallest absolute Gasteiger partial charge is 0.306 e. The molecule has 1 amide bonds.